The molecule has 1 radical (unpaired) electrons. The number of hydrogen-bond acceptors (Lipinski definition) is 3. The van der Waals surface area contributed by atoms with E-state index in [0.717, 1.165) is 19.6 Å². The molecule has 11 heavy (non-hydrogen) atoms. The monoisotopic (exact) mass is 161 g/mol. The van der Waals surface area contributed by atoms with Crippen molar-refractivity contribution in [1.29, 1.82) is 0 Å². The van der Waals surface area contributed by atoms with Crippen LogP contribution in [0.1, 0.15) is 6.42 Å². The fourth-order valence-electron chi connectivity index (χ4n) is 0.627. The minimum atomic E-state index is 0.515. The van der Waals surface area contributed by atoms with Gasteiger partial charge in [0.2, 0.25) is 0 Å². The van der Waals surface area contributed by atoms with Crippen LogP contribution in [0, 0.1) is 6.92 Å². The van der Waals surface area contributed by atoms with Gasteiger partial charge in [0.05, 0.1) is 13.2 Å². The Morgan fingerprint density at radius 1 is 1.00 bits per heavy atom. The number of methoxy groups -OCH3 is 1. The normalized spacial score (nSPS) is 10.4. The first-order chi connectivity index (χ1) is 5.41. The Kier molecular flexibility index (Phi) is 9.77. The zero-order valence-corrected chi connectivity index (χ0v) is 7.17. The average Bonchev–Trinajstić information content (AvgIpc) is 2.03. The lowest BCUT2D eigenvalue weighted by Crippen LogP contribution is -2.06. The Morgan fingerprint density at radius 3 is 2.36 bits per heavy atom. The first-order valence-corrected chi connectivity index (χ1v) is 3.85. The van der Waals surface area contributed by atoms with E-state index in [-0.39, 0.29) is 0 Å². The topological polar surface area (TPSA) is 27.7 Å². The third kappa shape index (κ3) is 9.88. The summed E-state index contributed by atoms with van der Waals surface area (Å²) in [6.45, 7) is 6.84. The molecule has 0 saturated heterocycles. The SMILES string of the molecule is [CH2]COCCOCCCOC. The third-order valence-electron chi connectivity index (χ3n) is 1.15. The summed E-state index contributed by atoms with van der Waals surface area (Å²) in [5.41, 5.74) is 0. The molecule has 3 nitrogen and oxygen atoms in total. The Bertz CT molecular complexity index is 58.4. The third-order valence-corrected chi connectivity index (χ3v) is 1.15. The minimum Gasteiger partial charge on any atom is -0.385 e. The van der Waals surface area contributed by atoms with Gasteiger partial charge in [0.15, 0.2) is 0 Å². The van der Waals surface area contributed by atoms with Crippen molar-refractivity contribution in [2.24, 2.45) is 0 Å². The van der Waals surface area contributed by atoms with Crippen LogP contribution in [0.4, 0.5) is 0 Å². The smallest absolute Gasteiger partial charge is 0.0700 e. The van der Waals surface area contributed by atoms with Crippen molar-refractivity contribution >= 4 is 0 Å². The Hall–Kier alpha value is -0.120. The van der Waals surface area contributed by atoms with Crippen molar-refractivity contribution in [3.63, 3.8) is 0 Å². The van der Waals surface area contributed by atoms with Crippen molar-refractivity contribution in [2.75, 3.05) is 40.1 Å². The second-order valence-electron chi connectivity index (χ2n) is 2.07. The summed E-state index contributed by atoms with van der Waals surface area (Å²) in [7, 11) is 1.69. The van der Waals surface area contributed by atoms with Gasteiger partial charge in [0, 0.05) is 26.9 Å². The summed E-state index contributed by atoms with van der Waals surface area (Å²) in [5, 5.41) is 0. The average molecular weight is 161 g/mol. The molecule has 0 heterocycles. The molecule has 0 aliphatic heterocycles. The molecule has 0 rings (SSSR count). The maximum atomic E-state index is 5.20. The maximum Gasteiger partial charge on any atom is 0.0700 e. The van der Waals surface area contributed by atoms with Crippen molar-refractivity contribution < 1.29 is 14.2 Å². The van der Waals surface area contributed by atoms with Crippen LogP contribution in [0.2, 0.25) is 0 Å². The summed E-state index contributed by atoms with van der Waals surface area (Å²) in [4.78, 5) is 0. The predicted octanol–water partition coefficient (Wildman–Crippen LogP) is 0.890. The molecule has 0 aliphatic carbocycles. The van der Waals surface area contributed by atoms with Crippen molar-refractivity contribution in [2.45, 2.75) is 6.42 Å². The summed E-state index contributed by atoms with van der Waals surface area (Å²) in [6, 6.07) is 0. The molecule has 0 fully saturated rings. The van der Waals surface area contributed by atoms with E-state index in [1.54, 1.807) is 7.11 Å². The lowest BCUT2D eigenvalue weighted by atomic mass is 10.5. The fourth-order valence-corrected chi connectivity index (χ4v) is 0.627. The molecule has 0 aromatic rings. The Balaban J connectivity index is 2.69. The summed E-state index contributed by atoms with van der Waals surface area (Å²) < 4.78 is 15.0. The summed E-state index contributed by atoms with van der Waals surface area (Å²) in [6.07, 6.45) is 0.945. The molecule has 0 N–H and O–H groups in total. The first kappa shape index (κ1) is 10.9. The van der Waals surface area contributed by atoms with Gasteiger partial charge in [-0.25, -0.2) is 0 Å². The highest BCUT2D eigenvalue weighted by atomic mass is 16.5. The lowest BCUT2D eigenvalue weighted by Gasteiger charge is -2.03. The quantitative estimate of drug-likeness (QED) is 0.495. The van der Waals surface area contributed by atoms with Crippen molar-refractivity contribution in [3.05, 3.63) is 6.92 Å². The van der Waals surface area contributed by atoms with Crippen LogP contribution in [0.5, 0.6) is 0 Å². The van der Waals surface area contributed by atoms with E-state index in [4.69, 9.17) is 14.2 Å². The molecular weight excluding hydrogens is 144 g/mol. The number of ether oxygens (including phenoxy) is 3. The van der Waals surface area contributed by atoms with Crippen LogP contribution in [-0.2, 0) is 14.2 Å². The van der Waals surface area contributed by atoms with Crippen LogP contribution in [0.3, 0.4) is 0 Å². The lowest BCUT2D eigenvalue weighted by molar-refractivity contribution is 0.0483. The molecule has 67 valence electrons. The Labute approximate surface area is 68.6 Å². The largest absolute Gasteiger partial charge is 0.385 e. The zero-order valence-electron chi connectivity index (χ0n) is 7.17. The number of rotatable bonds is 8. The summed E-state index contributed by atoms with van der Waals surface area (Å²) >= 11 is 0. The second kappa shape index (κ2) is 9.88. The highest BCUT2D eigenvalue weighted by molar-refractivity contribution is 4.35. The van der Waals surface area contributed by atoms with E-state index in [2.05, 4.69) is 6.92 Å². The van der Waals surface area contributed by atoms with Gasteiger partial charge < -0.3 is 14.2 Å². The molecule has 0 spiro atoms. The molecule has 0 bridgehead atoms. The van der Waals surface area contributed by atoms with Gasteiger partial charge in [-0.3, -0.25) is 0 Å². The van der Waals surface area contributed by atoms with Crippen LogP contribution in [0.25, 0.3) is 0 Å². The van der Waals surface area contributed by atoms with Crippen LogP contribution < -0.4 is 0 Å². The first-order valence-electron chi connectivity index (χ1n) is 3.85. The molecule has 0 aliphatic rings. The minimum absolute atomic E-state index is 0.515. The summed E-state index contributed by atoms with van der Waals surface area (Å²) in [5.74, 6) is 0. The Morgan fingerprint density at radius 2 is 1.73 bits per heavy atom. The van der Waals surface area contributed by atoms with Crippen molar-refractivity contribution in [1.82, 2.24) is 0 Å². The molecule has 0 aromatic carbocycles. The number of hydrogen-bond donors (Lipinski definition) is 0. The van der Waals surface area contributed by atoms with E-state index < -0.39 is 0 Å². The van der Waals surface area contributed by atoms with Gasteiger partial charge in [-0.15, -0.1) is 0 Å². The zero-order chi connectivity index (χ0) is 8.36. The van der Waals surface area contributed by atoms with Crippen molar-refractivity contribution in [3.8, 4) is 0 Å². The standard InChI is InChI=1S/C8H17O3/c1-3-10-7-8-11-6-4-5-9-2/h1,3-8H2,2H3. The van der Waals surface area contributed by atoms with Gasteiger partial charge >= 0.3 is 0 Å². The van der Waals surface area contributed by atoms with Crippen LogP contribution in [-0.4, -0.2) is 40.1 Å². The molecule has 0 unspecified atom stereocenters. The van der Waals surface area contributed by atoms with Gasteiger partial charge in [-0.05, 0) is 13.3 Å². The highest BCUT2D eigenvalue weighted by Crippen LogP contribution is 1.83. The van der Waals surface area contributed by atoms with Gasteiger partial charge in [0.1, 0.15) is 0 Å². The molecule has 0 saturated carbocycles. The van der Waals surface area contributed by atoms with Crippen LogP contribution >= 0.6 is 0 Å². The maximum absolute atomic E-state index is 5.20. The van der Waals surface area contributed by atoms with E-state index in [9.17, 15) is 0 Å². The second-order valence-corrected chi connectivity index (χ2v) is 2.07. The van der Waals surface area contributed by atoms with E-state index >= 15 is 0 Å². The molecule has 3 heteroatoms. The highest BCUT2D eigenvalue weighted by Gasteiger charge is 1.87. The predicted molar refractivity (Wildman–Crippen MR) is 43.5 cm³/mol. The van der Waals surface area contributed by atoms with Crippen LogP contribution in [0.15, 0.2) is 0 Å². The molecular formula is C8H17O3. The fraction of sp³-hybridized carbons (Fsp3) is 0.875. The van der Waals surface area contributed by atoms with E-state index in [1.807, 2.05) is 0 Å². The van der Waals surface area contributed by atoms with E-state index in [1.165, 1.54) is 0 Å². The van der Waals surface area contributed by atoms with Gasteiger partial charge in [0.25, 0.3) is 0 Å². The van der Waals surface area contributed by atoms with Gasteiger partial charge in [-0.1, -0.05) is 0 Å². The molecule has 0 amide bonds. The van der Waals surface area contributed by atoms with E-state index in [0.29, 0.717) is 19.8 Å². The van der Waals surface area contributed by atoms with Gasteiger partial charge in [-0.2, -0.15) is 0 Å². The molecule has 0 aromatic heterocycles. The molecule has 0 atom stereocenters.